The third-order valence-corrected chi connectivity index (χ3v) is 5.78. The van der Waals surface area contributed by atoms with Gasteiger partial charge in [-0.3, -0.25) is 14.2 Å². The number of nitrogens with zero attached hydrogens (tertiary/aromatic N) is 5. The number of hydrogen-bond acceptors (Lipinski definition) is 8. The van der Waals surface area contributed by atoms with Gasteiger partial charge in [0.15, 0.2) is 11.5 Å². The van der Waals surface area contributed by atoms with Crippen molar-refractivity contribution in [2.75, 3.05) is 13.3 Å². The minimum atomic E-state index is -0.401. The van der Waals surface area contributed by atoms with Crippen molar-refractivity contribution in [2.45, 2.75) is 32.1 Å². The number of ether oxygens (including phenoxy) is 2. The van der Waals surface area contributed by atoms with Gasteiger partial charge in [0, 0.05) is 30.9 Å². The lowest BCUT2D eigenvalue weighted by Gasteiger charge is -2.18. The van der Waals surface area contributed by atoms with Gasteiger partial charge in [-0.1, -0.05) is 0 Å². The molecular weight excluding hydrogens is 412 g/mol. The van der Waals surface area contributed by atoms with Gasteiger partial charge < -0.3 is 14.8 Å². The molecule has 10 heteroatoms. The largest absolute Gasteiger partial charge is 0.454 e. The van der Waals surface area contributed by atoms with Gasteiger partial charge in [0.25, 0.3) is 5.91 Å². The van der Waals surface area contributed by atoms with E-state index < -0.39 is 5.92 Å². The molecule has 2 aliphatic rings. The monoisotopic (exact) mass is 434 g/mol. The second-order valence-electron chi connectivity index (χ2n) is 7.87. The first-order chi connectivity index (χ1) is 15.6. The third kappa shape index (κ3) is 3.91. The number of imidazole rings is 1. The number of ketones is 1. The first-order valence-electron chi connectivity index (χ1n) is 10.5. The Labute approximate surface area is 184 Å². The van der Waals surface area contributed by atoms with Crippen LogP contribution in [0.5, 0.6) is 11.5 Å². The van der Waals surface area contributed by atoms with Crippen molar-refractivity contribution < 1.29 is 19.1 Å². The van der Waals surface area contributed by atoms with E-state index in [-0.39, 0.29) is 24.4 Å². The standard InChI is InChI=1S/C22H22N6O4/c1-13-25-20(27-22(26-13)28-9-8-23-11-28)19-14(2-4-16(19)29)6-7-24-21(30)15-3-5-17-18(10-15)32-12-31-17/h3,5,8-11,14,19H,2,4,6-7,12H2,1H3,(H,24,30). The fourth-order valence-corrected chi connectivity index (χ4v) is 4.21. The summed E-state index contributed by atoms with van der Waals surface area (Å²) >= 11 is 0. The maximum absolute atomic E-state index is 12.7. The fraction of sp³-hybridized carbons (Fsp3) is 0.364. The molecule has 2 atom stereocenters. The first-order valence-corrected chi connectivity index (χ1v) is 10.5. The Kier molecular flexibility index (Phi) is 5.26. The topological polar surface area (TPSA) is 121 Å². The summed E-state index contributed by atoms with van der Waals surface area (Å²) in [4.78, 5) is 42.6. The number of carbonyl (C=O) groups excluding carboxylic acids is 2. The molecule has 0 saturated heterocycles. The molecule has 10 nitrogen and oxygen atoms in total. The van der Waals surface area contributed by atoms with Gasteiger partial charge in [-0.25, -0.2) is 9.97 Å². The van der Waals surface area contributed by atoms with E-state index in [1.165, 1.54) is 0 Å². The lowest BCUT2D eigenvalue weighted by atomic mass is 9.91. The van der Waals surface area contributed by atoms with Crippen molar-refractivity contribution in [3.63, 3.8) is 0 Å². The van der Waals surface area contributed by atoms with E-state index in [4.69, 9.17) is 9.47 Å². The quantitative estimate of drug-likeness (QED) is 0.625. The number of carbonyl (C=O) groups is 2. The molecule has 1 aliphatic carbocycles. The minimum absolute atomic E-state index is 0.0528. The van der Waals surface area contributed by atoms with Crippen molar-refractivity contribution in [2.24, 2.45) is 5.92 Å². The molecule has 1 aliphatic heterocycles. The van der Waals surface area contributed by atoms with E-state index in [9.17, 15) is 9.59 Å². The van der Waals surface area contributed by atoms with Gasteiger partial charge in [0.1, 0.15) is 23.8 Å². The Morgan fingerprint density at radius 3 is 2.94 bits per heavy atom. The lowest BCUT2D eigenvalue weighted by Crippen LogP contribution is -2.27. The summed E-state index contributed by atoms with van der Waals surface area (Å²) in [7, 11) is 0. The Morgan fingerprint density at radius 1 is 1.22 bits per heavy atom. The number of hydrogen-bond donors (Lipinski definition) is 1. The van der Waals surface area contributed by atoms with Gasteiger partial charge in [-0.05, 0) is 43.9 Å². The molecule has 0 spiro atoms. The Balaban J connectivity index is 1.26. The van der Waals surface area contributed by atoms with Crippen LogP contribution in [0.15, 0.2) is 36.9 Å². The van der Waals surface area contributed by atoms with E-state index >= 15 is 0 Å². The minimum Gasteiger partial charge on any atom is -0.454 e. The SMILES string of the molecule is Cc1nc(C2C(=O)CCC2CCNC(=O)c2ccc3c(c2)OCO3)nc(-n2ccnc2)n1. The summed E-state index contributed by atoms with van der Waals surface area (Å²) in [5, 5.41) is 2.94. The highest BCUT2D eigenvalue weighted by molar-refractivity contribution is 5.95. The van der Waals surface area contributed by atoms with Crippen molar-refractivity contribution in [1.29, 1.82) is 0 Å². The number of benzene rings is 1. The van der Waals surface area contributed by atoms with Crippen LogP contribution in [0.3, 0.4) is 0 Å². The van der Waals surface area contributed by atoms with Crippen LogP contribution in [0.1, 0.15) is 47.2 Å². The van der Waals surface area contributed by atoms with Crippen molar-refractivity contribution in [1.82, 2.24) is 29.8 Å². The summed E-state index contributed by atoms with van der Waals surface area (Å²) in [6, 6.07) is 5.10. The summed E-state index contributed by atoms with van der Waals surface area (Å²) in [5.41, 5.74) is 0.506. The number of nitrogens with one attached hydrogen (secondary N) is 1. The fourth-order valence-electron chi connectivity index (χ4n) is 4.21. The summed E-state index contributed by atoms with van der Waals surface area (Å²) < 4.78 is 12.3. The molecule has 0 radical (unpaired) electrons. The van der Waals surface area contributed by atoms with Crippen LogP contribution in [0.2, 0.25) is 0 Å². The van der Waals surface area contributed by atoms with Gasteiger partial charge >= 0.3 is 0 Å². The van der Waals surface area contributed by atoms with E-state index in [1.807, 2.05) is 0 Å². The molecule has 3 aromatic rings. The van der Waals surface area contributed by atoms with Crippen LogP contribution in [0.4, 0.5) is 0 Å². The summed E-state index contributed by atoms with van der Waals surface area (Å²) in [6.45, 7) is 2.39. The zero-order valence-electron chi connectivity index (χ0n) is 17.5. The highest BCUT2D eigenvalue weighted by atomic mass is 16.7. The normalized spacial score (nSPS) is 19.3. The first kappa shape index (κ1) is 20.1. The van der Waals surface area contributed by atoms with Gasteiger partial charge in [-0.2, -0.15) is 9.97 Å². The van der Waals surface area contributed by atoms with E-state index in [0.29, 0.717) is 54.0 Å². The second-order valence-corrected chi connectivity index (χ2v) is 7.87. The van der Waals surface area contributed by atoms with Crippen LogP contribution in [0.25, 0.3) is 5.95 Å². The molecule has 1 N–H and O–H groups in total. The van der Waals surface area contributed by atoms with Gasteiger partial charge in [0.05, 0.1) is 5.92 Å². The average molecular weight is 434 g/mol. The highest BCUT2D eigenvalue weighted by Gasteiger charge is 2.38. The molecule has 1 amide bonds. The molecule has 3 heterocycles. The smallest absolute Gasteiger partial charge is 0.251 e. The van der Waals surface area contributed by atoms with E-state index in [2.05, 4.69) is 25.3 Å². The Hall–Kier alpha value is -3.82. The van der Waals surface area contributed by atoms with Crippen molar-refractivity contribution in [3.8, 4) is 17.4 Å². The van der Waals surface area contributed by atoms with Crippen LogP contribution in [-0.2, 0) is 4.79 Å². The van der Waals surface area contributed by atoms with Crippen LogP contribution >= 0.6 is 0 Å². The van der Waals surface area contributed by atoms with Gasteiger partial charge in [-0.15, -0.1) is 0 Å². The molecule has 0 bridgehead atoms. The molecule has 32 heavy (non-hydrogen) atoms. The van der Waals surface area contributed by atoms with E-state index in [1.54, 1.807) is 48.4 Å². The highest BCUT2D eigenvalue weighted by Crippen LogP contribution is 2.37. The molecule has 1 saturated carbocycles. The van der Waals surface area contributed by atoms with Crippen molar-refractivity contribution >= 4 is 11.7 Å². The van der Waals surface area contributed by atoms with Gasteiger partial charge in [0.2, 0.25) is 12.7 Å². The predicted octanol–water partition coefficient (Wildman–Crippen LogP) is 1.98. The molecule has 5 rings (SSSR count). The number of amides is 1. The summed E-state index contributed by atoms with van der Waals surface area (Å²) in [5.74, 6) is 2.26. The Bertz CT molecular complexity index is 1160. The zero-order valence-corrected chi connectivity index (χ0v) is 17.5. The average Bonchev–Trinajstić information content (AvgIpc) is 3.54. The molecular formula is C22H22N6O4. The number of fused-ring (bicyclic) bond motifs is 1. The lowest BCUT2D eigenvalue weighted by molar-refractivity contribution is -0.119. The third-order valence-electron chi connectivity index (χ3n) is 5.78. The number of aromatic nitrogens is 5. The van der Waals surface area contributed by atoms with Crippen LogP contribution in [-0.4, -0.2) is 49.5 Å². The summed E-state index contributed by atoms with van der Waals surface area (Å²) in [6.07, 6.45) is 6.88. The number of Topliss-reactive ketones (excluding diaryl/α,β-unsaturated/α-hetero) is 1. The molecule has 2 unspecified atom stereocenters. The molecule has 2 aromatic heterocycles. The second kappa shape index (κ2) is 8.37. The number of rotatable bonds is 6. The van der Waals surface area contributed by atoms with Crippen LogP contribution in [0, 0.1) is 12.8 Å². The molecule has 164 valence electrons. The Morgan fingerprint density at radius 2 is 2.09 bits per heavy atom. The van der Waals surface area contributed by atoms with E-state index in [0.717, 1.165) is 6.42 Å². The maximum Gasteiger partial charge on any atom is 0.251 e. The molecule has 1 aromatic carbocycles. The number of aryl methyl sites for hydroxylation is 1. The molecule has 1 fully saturated rings. The zero-order chi connectivity index (χ0) is 22.1. The van der Waals surface area contributed by atoms with Crippen LogP contribution < -0.4 is 14.8 Å². The predicted molar refractivity (Wildman–Crippen MR) is 112 cm³/mol. The maximum atomic E-state index is 12.7. The van der Waals surface area contributed by atoms with Crippen molar-refractivity contribution in [3.05, 3.63) is 54.1 Å².